The van der Waals surface area contributed by atoms with E-state index in [2.05, 4.69) is 10.9 Å². The third-order valence-corrected chi connectivity index (χ3v) is 3.11. The van der Waals surface area contributed by atoms with E-state index >= 15 is 0 Å². The average Bonchev–Trinajstić information content (AvgIpc) is 2.60. The van der Waals surface area contributed by atoms with Gasteiger partial charge in [-0.15, -0.1) is 0 Å². The molecule has 2 rings (SSSR count). The van der Waals surface area contributed by atoms with Crippen LogP contribution in [0.4, 0.5) is 10.1 Å². The number of amides is 2. The molecule has 0 bridgehead atoms. The highest BCUT2D eigenvalue weighted by Crippen LogP contribution is 2.13. The molecular formula is C17H14FN3O4. The minimum atomic E-state index is -0.598. The summed E-state index contributed by atoms with van der Waals surface area (Å²) in [6, 6.07) is 11.2. The summed E-state index contributed by atoms with van der Waals surface area (Å²) in [5.41, 5.74) is 5.39. The van der Waals surface area contributed by atoms with Gasteiger partial charge in [0, 0.05) is 18.2 Å². The lowest BCUT2D eigenvalue weighted by Gasteiger charge is -2.05. The van der Waals surface area contributed by atoms with Gasteiger partial charge in [-0.25, -0.2) is 4.39 Å². The summed E-state index contributed by atoms with van der Waals surface area (Å²) >= 11 is 0. The van der Waals surface area contributed by atoms with Crippen molar-refractivity contribution in [1.82, 2.24) is 10.9 Å². The molecule has 2 N–H and O–H groups in total. The summed E-state index contributed by atoms with van der Waals surface area (Å²) in [7, 11) is 0. The number of non-ortho nitro benzene ring substituents is 1. The molecule has 0 aromatic heterocycles. The molecule has 7 nitrogen and oxygen atoms in total. The predicted octanol–water partition coefficient (Wildman–Crippen LogP) is 2.14. The SMILES string of the molecule is O=C(/C=C/c1cccc([N+](=O)[O-])c1)NNC(=O)Cc1ccc(F)cc1. The van der Waals surface area contributed by atoms with E-state index in [1.807, 2.05) is 0 Å². The Morgan fingerprint density at radius 2 is 1.84 bits per heavy atom. The molecule has 0 saturated carbocycles. The fourth-order valence-corrected chi connectivity index (χ4v) is 1.92. The van der Waals surface area contributed by atoms with Crippen LogP contribution in [0.2, 0.25) is 0 Å². The van der Waals surface area contributed by atoms with Crippen LogP contribution < -0.4 is 10.9 Å². The van der Waals surface area contributed by atoms with Crippen molar-refractivity contribution in [3.8, 4) is 0 Å². The first-order valence-corrected chi connectivity index (χ1v) is 7.20. The van der Waals surface area contributed by atoms with Crippen LogP contribution >= 0.6 is 0 Å². The van der Waals surface area contributed by atoms with Crippen LogP contribution in [0.15, 0.2) is 54.6 Å². The van der Waals surface area contributed by atoms with Gasteiger partial charge in [0.15, 0.2) is 0 Å². The molecule has 0 aliphatic rings. The van der Waals surface area contributed by atoms with E-state index in [0.717, 1.165) is 6.08 Å². The van der Waals surface area contributed by atoms with Crippen molar-refractivity contribution in [1.29, 1.82) is 0 Å². The molecule has 0 saturated heterocycles. The zero-order valence-corrected chi connectivity index (χ0v) is 12.9. The van der Waals surface area contributed by atoms with Gasteiger partial charge in [0.1, 0.15) is 5.82 Å². The molecule has 2 aromatic rings. The summed E-state index contributed by atoms with van der Waals surface area (Å²) in [4.78, 5) is 33.5. The van der Waals surface area contributed by atoms with Crippen LogP contribution in [0.1, 0.15) is 11.1 Å². The summed E-state index contributed by atoms with van der Waals surface area (Å²) < 4.78 is 12.8. The molecule has 25 heavy (non-hydrogen) atoms. The van der Waals surface area contributed by atoms with Crippen LogP contribution in [-0.4, -0.2) is 16.7 Å². The maximum atomic E-state index is 12.8. The molecule has 0 heterocycles. The van der Waals surface area contributed by atoms with Gasteiger partial charge in [-0.2, -0.15) is 0 Å². The number of rotatable bonds is 5. The van der Waals surface area contributed by atoms with Gasteiger partial charge in [-0.05, 0) is 29.3 Å². The standard InChI is InChI=1S/C17H14FN3O4/c18-14-7-4-13(5-8-14)11-17(23)20-19-16(22)9-6-12-2-1-3-15(10-12)21(24)25/h1-10H,11H2,(H,19,22)(H,20,23)/b9-6+. The van der Waals surface area contributed by atoms with Crippen molar-refractivity contribution >= 4 is 23.6 Å². The third-order valence-electron chi connectivity index (χ3n) is 3.11. The fraction of sp³-hybridized carbons (Fsp3) is 0.0588. The molecular weight excluding hydrogens is 329 g/mol. The van der Waals surface area contributed by atoms with Gasteiger partial charge >= 0.3 is 0 Å². The van der Waals surface area contributed by atoms with E-state index in [4.69, 9.17) is 0 Å². The monoisotopic (exact) mass is 343 g/mol. The van der Waals surface area contributed by atoms with Crippen LogP contribution in [0.25, 0.3) is 6.08 Å². The summed E-state index contributed by atoms with van der Waals surface area (Å²) in [5.74, 6) is -1.47. The van der Waals surface area contributed by atoms with Crippen molar-refractivity contribution in [2.24, 2.45) is 0 Å². The lowest BCUT2D eigenvalue weighted by Crippen LogP contribution is -2.41. The molecule has 0 spiro atoms. The number of carbonyl (C=O) groups excluding carboxylic acids is 2. The number of hydrazine groups is 1. The topological polar surface area (TPSA) is 101 Å². The summed E-state index contributed by atoms with van der Waals surface area (Å²) in [5, 5.41) is 10.7. The predicted molar refractivity (Wildman–Crippen MR) is 88.5 cm³/mol. The zero-order valence-electron chi connectivity index (χ0n) is 12.9. The number of nitro groups is 1. The second kappa shape index (κ2) is 8.34. The minimum absolute atomic E-state index is 0.0187. The number of halogens is 1. The Balaban J connectivity index is 1.83. The fourth-order valence-electron chi connectivity index (χ4n) is 1.92. The Bertz CT molecular complexity index is 819. The van der Waals surface area contributed by atoms with Crippen LogP contribution in [0.5, 0.6) is 0 Å². The zero-order chi connectivity index (χ0) is 18.2. The molecule has 0 unspecified atom stereocenters. The van der Waals surface area contributed by atoms with E-state index in [-0.39, 0.29) is 12.1 Å². The number of carbonyl (C=O) groups is 2. The second-order valence-corrected chi connectivity index (χ2v) is 5.03. The van der Waals surface area contributed by atoms with Crippen LogP contribution in [0, 0.1) is 15.9 Å². The highest BCUT2D eigenvalue weighted by Gasteiger charge is 2.06. The lowest BCUT2D eigenvalue weighted by atomic mass is 10.1. The first-order valence-electron chi connectivity index (χ1n) is 7.20. The minimum Gasteiger partial charge on any atom is -0.273 e. The van der Waals surface area contributed by atoms with Gasteiger partial charge < -0.3 is 0 Å². The number of hydrogen-bond acceptors (Lipinski definition) is 4. The van der Waals surface area contributed by atoms with Gasteiger partial charge in [-0.3, -0.25) is 30.6 Å². The van der Waals surface area contributed by atoms with Gasteiger partial charge in [0.2, 0.25) is 5.91 Å². The number of nitrogens with zero attached hydrogens (tertiary/aromatic N) is 1. The maximum absolute atomic E-state index is 12.8. The Morgan fingerprint density at radius 1 is 1.12 bits per heavy atom. The molecule has 2 aromatic carbocycles. The molecule has 2 amide bonds. The summed E-state index contributed by atoms with van der Waals surface area (Å²) in [6.45, 7) is 0. The highest BCUT2D eigenvalue weighted by molar-refractivity contribution is 5.93. The van der Waals surface area contributed by atoms with E-state index in [1.54, 1.807) is 6.07 Å². The second-order valence-electron chi connectivity index (χ2n) is 5.03. The van der Waals surface area contributed by atoms with Crippen molar-refractivity contribution in [3.63, 3.8) is 0 Å². The first kappa shape index (κ1) is 17.8. The number of benzene rings is 2. The van der Waals surface area contributed by atoms with Crippen molar-refractivity contribution in [2.75, 3.05) is 0 Å². The normalized spacial score (nSPS) is 10.4. The highest BCUT2D eigenvalue weighted by atomic mass is 19.1. The first-order chi connectivity index (χ1) is 11.9. The quantitative estimate of drug-likeness (QED) is 0.493. The Labute approximate surface area is 142 Å². The molecule has 8 heteroatoms. The smallest absolute Gasteiger partial charge is 0.270 e. The van der Waals surface area contributed by atoms with Gasteiger partial charge in [0.25, 0.3) is 11.6 Å². The number of hydrogen-bond donors (Lipinski definition) is 2. The lowest BCUT2D eigenvalue weighted by molar-refractivity contribution is -0.384. The molecule has 0 fully saturated rings. The van der Waals surface area contributed by atoms with Crippen LogP contribution in [-0.2, 0) is 16.0 Å². The largest absolute Gasteiger partial charge is 0.273 e. The van der Waals surface area contributed by atoms with Gasteiger partial charge in [-0.1, -0.05) is 24.3 Å². The summed E-state index contributed by atoms with van der Waals surface area (Å²) in [6.07, 6.45) is 2.50. The van der Waals surface area contributed by atoms with Crippen molar-refractivity contribution in [3.05, 3.63) is 81.7 Å². The van der Waals surface area contributed by atoms with E-state index < -0.39 is 22.6 Å². The van der Waals surface area contributed by atoms with E-state index in [1.165, 1.54) is 48.5 Å². The van der Waals surface area contributed by atoms with Crippen molar-refractivity contribution in [2.45, 2.75) is 6.42 Å². The molecule has 0 atom stereocenters. The molecule has 0 radical (unpaired) electrons. The van der Waals surface area contributed by atoms with E-state index in [0.29, 0.717) is 11.1 Å². The number of nitrogens with one attached hydrogen (secondary N) is 2. The average molecular weight is 343 g/mol. The van der Waals surface area contributed by atoms with Gasteiger partial charge in [0.05, 0.1) is 11.3 Å². The van der Waals surface area contributed by atoms with Crippen LogP contribution in [0.3, 0.4) is 0 Å². The maximum Gasteiger partial charge on any atom is 0.270 e. The molecule has 0 aliphatic heterocycles. The van der Waals surface area contributed by atoms with Crippen molar-refractivity contribution < 1.29 is 18.9 Å². The third kappa shape index (κ3) is 5.87. The Kier molecular flexibility index (Phi) is 5.94. The molecule has 128 valence electrons. The van der Waals surface area contributed by atoms with E-state index in [9.17, 15) is 24.1 Å². The number of nitro benzene ring substituents is 1. The Morgan fingerprint density at radius 3 is 2.52 bits per heavy atom. The Hall–Kier alpha value is -3.55. The molecule has 0 aliphatic carbocycles.